The Balaban J connectivity index is 2.70. The van der Waals surface area contributed by atoms with Gasteiger partial charge in [-0.05, 0) is 13.0 Å². The number of hydrogen-bond acceptors (Lipinski definition) is 0. The van der Waals surface area contributed by atoms with Gasteiger partial charge in [-0.1, -0.05) is 17.7 Å². The fourth-order valence-corrected chi connectivity index (χ4v) is 0.894. The minimum absolute atomic E-state index is 0.464. The molecule has 0 spiro atoms. The molecular formula is C7H8ClF. The Labute approximate surface area is 59.0 Å². The molecule has 1 aliphatic rings. The van der Waals surface area contributed by atoms with Crippen LogP contribution in [-0.4, -0.2) is 11.5 Å². The summed E-state index contributed by atoms with van der Waals surface area (Å²) in [5.41, 5.74) is 0.944. The van der Waals surface area contributed by atoms with Crippen molar-refractivity contribution in [1.82, 2.24) is 0 Å². The fraction of sp³-hybridized carbons (Fsp3) is 0.429. The van der Waals surface area contributed by atoms with Gasteiger partial charge in [-0.15, -0.1) is 11.6 Å². The Morgan fingerprint density at radius 1 is 1.67 bits per heavy atom. The molecule has 0 saturated carbocycles. The lowest BCUT2D eigenvalue weighted by Crippen LogP contribution is -2.13. The third kappa shape index (κ3) is 1.55. The molecule has 0 aromatic heterocycles. The maximum atomic E-state index is 12.6. The first-order valence-electron chi connectivity index (χ1n) is 2.85. The van der Waals surface area contributed by atoms with Crippen molar-refractivity contribution in [3.63, 3.8) is 0 Å². The van der Waals surface area contributed by atoms with Gasteiger partial charge in [0.1, 0.15) is 6.17 Å². The van der Waals surface area contributed by atoms with Gasteiger partial charge in [-0.2, -0.15) is 0 Å². The zero-order valence-electron chi connectivity index (χ0n) is 5.14. The summed E-state index contributed by atoms with van der Waals surface area (Å²) in [5.74, 6) is 0. The summed E-state index contributed by atoms with van der Waals surface area (Å²) >= 11 is 5.53. The highest BCUT2D eigenvalue weighted by Crippen LogP contribution is 2.17. The maximum absolute atomic E-state index is 12.6. The smallest absolute Gasteiger partial charge is 0.139 e. The standard InChI is InChI=1S/C7H8ClF/c1-5-2-3-6(8)7(9)4-5/h2-4,6-7H,1H3. The number of halogens is 2. The average Bonchev–Trinajstić information content (AvgIpc) is 1.80. The number of alkyl halides is 2. The molecule has 1 rings (SSSR count). The molecular weight excluding hydrogens is 139 g/mol. The van der Waals surface area contributed by atoms with Crippen LogP contribution in [0.25, 0.3) is 0 Å². The van der Waals surface area contributed by atoms with E-state index in [1.807, 2.05) is 13.0 Å². The van der Waals surface area contributed by atoms with E-state index in [1.54, 1.807) is 6.08 Å². The normalized spacial score (nSPS) is 34.3. The van der Waals surface area contributed by atoms with Crippen molar-refractivity contribution in [2.45, 2.75) is 18.5 Å². The first-order chi connectivity index (χ1) is 4.20. The SMILES string of the molecule is CC1=CC(F)C(Cl)C=C1. The molecule has 0 saturated heterocycles. The molecule has 0 aromatic carbocycles. The predicted molar refractivity (Wildman–Crippen MR) is 37.4 cm³/mol. The molecule has 0 amide bonds. The van der Waals surface area contributed by atoms with Crippen LogP contribution in [0.3, 0.4) is 0 Å². The molecule has 0 radical (unpaired) electrons. The van der Waals surface area contributed by atoms with Gasteiger partial charge in [0.2, 0.25) is 0 Å². The highest BCUT2D eigenvalue weighted by Gasteiger charge is 2.15. The summed E-state index contributed by atoms with van der Waals surface area (Å²) in [5, 5.41) is -0.464. The third-order valence-corrected chi connectivity index (χ3v) is 1.66. The number of rotatable bonds is 0. The van der Waals surface area contributed by atoms with Crippen LogP contribution in [0.15, 0.2) is 23.8 Å². The molecule has 1 aliphatic carbocycles. The van der Waals surface area contributed by atoms with Gasteiger partial charge in [0, 0.05) is 0 Å². The van der Waals surface area contributed by atoms with Crippen molar-refractivity contribution in [3.05, 3.63) is 23.8 Å². The van der Waals surface area contributed by atoms with Crippen LogP contribution in [0.1, 0.15) is 6.92 Å². The lowest BCUT2D eigenvalue weighted by atomic mass is 10.1. The van der Waals surface area contributed by atoms with E-state index in [0.717, 1.165) is 5.57 Å². The van der Waals surface area contributed by atoms with E-state index < -0.39 is 11.5 Å². The van der Waals surface area contributed by atoms with Crippen LogP contribution in [0.4, 0.5) is 4.39 Å². The Kier molecular flexibility index (Phi) is 1.91. The summed E-state index contributed by atoms with van der Waals surface area (Å²) < 4.78 is 12.6. The van der Waals surface area contributed by atoms with Crippen LogP contribution in [0, 0.1) is 0 Å². The number of hydrogen-bond donors (Lipinski definition) is 0. The Hall–Kier alpha value is -0.300. The lowest BCUT2D eigenvalue weighted by Gasteiger charge is -2.11. The van der Waals surface area contributed by atoms with Crippen molar-refractivity contribution in [3.8, 4) is 0 Å². The summed E-state index contributed by atoms with van der Waals surface area (Å²) in [6, 6.07) is 0. The van der Waals surface area contributed by atoms with Gasteiger partial charge in [-0.3, -0.25) is 0 Å². The van der Waals surface area contributed by atoms with E-state index in [1.165, 1.54) is 6.08 Å². The van der Waals surface area contributed by atoms with Crippen molar-refractivity contribution in [2.24, 2.45) is 0 Å². The van der Waals surface area contributed by atoms with Gasteiger partial charge < -0.3 is 0 Å². The first-order valence-corrected chi connectivity index (χ1v) is 3.28. The molecule has 0 aliphatic heterocycles. The molecule has 2 unspecified atom stereocenters. The highest BCUT2D eigenvalue weighted by molar-refractivity contribution is 6.22. The van der Waals surface area contributed by atoms with E-state index >= 15 is 0 Å². The lowest BCUT2D eigenvalue weighted by molar-refractivity contribution is 0.404. The van der Waals surface area contributed by atoms with Gasteiger partial charge in [0.25, 0.3) is 0 Å². The first kappa shape index (κ1) is 6.81. The van der Waals surface area contributed by atoms with Crippen molar-refractivity contribution in [1.29, 1.82) is 0 Å². The molecule has 0 heterocycles. The Bertz CT molecular complexity index is 160. The minimum atomic E-state index is -1.00. The molecule has 0 bridgehead atoms. The average molecular weight is 147 g/mol. The number of allylic oxidation sites excluding steroid dienone is 4. The Morgan fingerprint density at radius 2 is 2.33 bits per heavy atom. The summed E-state index contributed by atoms with van der Waals surface area (Å²) in [7, 11) is 0. The van der Waals surface area contributed by atoms with E-state index in [9.17, 15) is 4.39 Å². The molecule has 2 heteroatoms. The second-order valence-electron chi connectivity index (χ2n) is 2.16. The molecule has 9 heavy (non-hydrogen) atoms. The van der Waals surface area contributed by atoms with Gasteiger partial charge in [0.05, 0.1) is 5.38 Å². The summed E-state index contributed by atoms with van der Waals surface area (Å²) in [6.45, 7) is 1.85. The molecule has 2 atom stereocenters. The van der Waals surface area contributed by atoms with Crippen LogP contribution >= 0.6 is 11.6 Å². The van der Waals surface area contributed by atoms with E-state index in [4.69, 9.17) is 11.6 Å². The zero-order valence-corrected chi connectivity index (χ0v) is 5.90. The topological polar surface area (TPSA) is 0 Å². The van der Waals surface area contributed by atoms with Gasteiger partial charge >= 0.3 is 0 Å². The second kappa shape index (κ2) is 2.53. The predicted octanol–water partition coefficient (Wildman–Crippen LogP) is 2.45. The minimum Gasteiger partial charge on any atom is -0.241 e. The molecule has 0 fully saturated rings. The monoisotopic (exact) mass is 146 g/mol. The quantitative estimate of drug-likeness (QED) is 0.461. The van der Waals surface area contributed by atoms with Crippen molar-refractivity contribution >= 4 is 11.6 Å². The molecule has 0 aromatic rings. The summed E-state index contributed by atoms with van der Waals surface area (Å²) in [6.07, 6.45) is 4.02. The second-order valence-corrected chi connectivity index (χ2v) is 2.66. The van der Waals surface area contributed by atoms with Crippen LogP contribution < -0.4 is 0 Å². The molecule has 0 N–H and O–H groups in total. The largest absolute Gasteiger partial charge is 0.241 e. The fourth-order valence-electron chi connectivity index (χ4n) is 0.748. The highest BCUT2D eigenvalue weighted by atomic mass is 35.5. The van der Waals surface area contributed by atoms with Crippen LogP contribution in [0.2, 0.25) is 0 Å². The zero-order chi connectivity index (χ0) is 6.85. The Morgan fingerprint density at radius 3 is 2.78 bits per heavy atom. The van der Waals surface area contributed by atoms with E-state index in [2.05, 4.69) is 0 Å². The maximum Gasteiger partial charge on any atom is 0.139 e. The van der Waals surface area contributed by atoms with Crippen molar-refractivity contribution < 1.29 is 4.39 Å². The summed E-state index contributed by atoms with van der Waals surface area (Å²) in [4.78, 5) is 0. The third-order valence-electron chi connectivity index (χ3n) is 1.27. The van der Waals surface area contributed by atoms with Crippen LogP contribution in [0.5, 0.6) is 0 Å². The van der Waals surface area contributed by atoms with E-state index in [0.29, 0.717) is 0 Å². The van der Waals surface area contributed by atoms with E-state index in [-0.39, 0.29) is 0 Å². The van der Waals surface area contributed by atoms with Crippen LogP contribution in [-0.2, 0) is 0 Å². The van der Waals surface area contributed by atoms with Gasteiger partial charge in [-0.25, -0.2) is 4.39 Å². The molecule has 50 valence electrons. The van der Waals surface area contributed by atoms with Gasteiger partial charge in [0.15, 0.2) is 0 Å². The van der Waals surface area contributed by atoms with Crippen molar-refractivity contribution in [2.75, 3.05) is 0 Å². The molecule has 0 nitrogen and oxygen atoms in total.